The van der Waals surface area contributed by atoms with Crippen LogP contribution >= 0.6 is 0 Å². The molecule has 0 aliphatic carbocycles. The predicted molar refractivity (Wildman–Crippen MR) is 86.4 cm³/mol. The molecular weight excluding hydrogens is 286 g/mol. The van der Waals surface area contributed by atoms with Crippen molar-refractivity contribution in [2.75, 3.05) is 7.11 Å². The summed E-state index contributed by atoms with van der Waals surface area (Å²) in [5.74, 6) is -0.125. The Morgan fingerprint density at radius 3 is 2.38 bits per heavy atom. The molecule has 0 saturated heterocycles. The van der Waals surface area contributed by atoms with Crippen molar-refractivity contribution in [3.63, 3.8) is 0 Å². The lowest BCUT2D eigenvalue weighted by Crippen LogP contribution is -2.37. The van der Waals surface area contributed by atoms with Gasteiger partial charge in [-0.05, 0) is 44.4 Å². The third-order valence-electron chi connectivity index (χ3n) is 3.12. The number of nitrogens with one attached hydrogen (secondary N) is 1. The molecule has 0 amide bonds. The first-order valence-electron chi connectivity index (χ1n) is 7.03. The van der Waals surface area contributed by atoms with Gasteiger partial charge < -0.3 is 4.74 Å². The van der Waals surface area contributed by atoms with Gasteiger partial charge in [0.1, 0.15) is 0 Å². The van der Waals surface area contributed by atoms with Crippen molar-refractivity contribution in [2.24, 2.45) is 5.92 Å². The van der Waals surface area contributed by atoms with E-state index in [4.69, 9.17) is 4.74 Å². The first-order valence-corrected chi connectivity index (χ1v) is 8.18. The summed E-state index contributed by atoms with van der Waals surface area (Å²) in [7, 11) is 0.189. The molecule has 1 rings (SSSR count). The molecule has 118 valence electrons. The largest absolute Gasteiger partial charge is 0.465 e. The number of methoxy groups -OCH3 is 1. The molecule has 4 nitrogen and oxygen atoms in total. The molecule has 0 radical (unpaired) electrons. The molecule has 0 aliphatic rings. The zero-order valence-corrected chi connectivity index (χ0v) is 14.4. The van der Waals surface area contributed by atoms with Gasteiger partial charge in [-0.25, -0.2) is 13.7 Å². The van der Waals surface area contributed by atoms with Crippen LogP contribution in [-0.4, -0.2) is 22.0 Å². The van der Waals surface area contributed by atoms with E-state index in [1.54, 1.807) is 12.1 Å². The van der Waals surface area contributed by atoms with Crippen molar-refractivity contribution >= 4 is 17.0 Å². The highest BCUT2D eigenvalue weighted by Crippen LogP contribution is 2.25. The second-order valence-electron chi connectivity index (χ2n) is 6.34. The van der Waals surface area contributed by atoms with Crippen LogP contribution in [-0.2, 0) is 15.7 Å². The van der Waals surface area contributed by atoms with E-state index >= 15 is 0 Å². The van der Waals surface area contributed by atoms with E-state index in [1.165, 1.54) is 7.11 Å². The maximum Gasteiger partial charge on any atom is 0.337 e. The Labute approximate surface area is 129 Å². The lowest BCUT2D eigenvalue weighted by atomic mass is 9.96. The van der Waals surface area contributed by atoms with Crippen LogP contribution in [0.3, 0.4) is 0 Å². The summed E-state index contributed by atoms with van der Waals surface area (Å²) in [6.45, 7) is 9.90. The molecular formula is C16H25NO3S. The van der Waals surface area contributed by atoms with Crippen molar-refractivity contribution < 1.29 is 13.7 Å². The normalized spacial score (nSPS) is 14.8. The van der Waals surface area contributed by atoms with Crippen LogP contribution in [0.25, 0.3) is 0 Å². The molecule has 0 fully saturated rings. The number of carbonyl (C=O) groups is 1. The van der Waals surface area contributed by atoms with Gasteiger partial charge in [-0.3, -0.25) is 0 Å². The number of carbonyl (C=O) groups excluding carboxylic acids is 1. The second-order valence-corrected chi connectivity index (χ2v) is 8.34. The third-order valence-corrected chi connectivity index (χ3v) is 4.70. The summed E-state index contributed by atoms with van der Waals surface area (Å²) in [5.41, 5.74) is 1.44. The molecule has 1 aromatic rings. The monoisotopic (exact) mass is 311 g/mol. The molecule has 2 atom stereocenters. The van der Waals surface area contributed by atoms with Gasteiger partial charge in [0.25, 0.3) is 0 Å². The van der Waals surface area contributed by atoms with Crippen LogP contribution in [0.1, 0.15) is 56.6 Å². The summed E-state index contributed by atoms with van der Waals surface area (Å²) in [4.78, 5) is 11.6. The zero-order chi connectivity index (χ0) is 16.2. The zero-order valence-electron chi connectivity index (χ0n) is 13.6. The average Bonchev–Trinajstić information content (AvgIpc) is 2.42. The number of hydrogen-bond donors (Lipinski definition) is 1. The van der Waals surface area contributed by atoms with E-state index in [2.05, 4.69) is 18.6 Å². The Morgan fingerprint density at radius 2 is 1.90 bits per heavy atom. The molecule has 1 N–H and O–H groups in total. The highest BCUT2D eigenvalue weighted by molar-refractivity contribution is 7.84. The number of hydrogen-bond acceptors (Lipinski definition) is 3. The smallest absolute Gasteiger partial charge is 0.337 e. The Bertz CT molecular complexity index is 520. The first kappa shape index (κ1) is 17.9. The van der Waals surface area contributed by atoms with E-state index in [0.717, 1.165) is 5.56 Å². The van der Waals surface area contributed by atoms with Crippen LogP contribution in [0, 0.1) is 5.92 Å². The quantitative estimate of drug-likeness (QED) is 0.849. The van der Waals surface area contributed by atoms with Gasteiger partial charge in [-0.15, -0.1) is 0 Å². The molecule has 0 aromatic heterocycles. The topological polar surface area (TPSA) is 55.4 Å². The molecule has 0 unspecified atom stereocenters. The van der Waals surface area contributed by atoms with Crippen molar-refractivity contribution in [1.29, 1.82) is 0 Å². The average molecular weight is 311 g/mol. The highest BCUT2D eigenvalue weighted by atomic mass is 32.2. The van der Waals surface area contributed by atoms with Crippen LogP contribution in [0.15, 0.2) is 24.3 Å². The fourth-order valence-electron chi connectivity index (χ4n) is 1.86. The van der Waals surface area contributed by atoms with Crippen LogP contribution in [0.5, 0.6) is 0 Å². The summed E-state index contributed by atoms with van der Waals surface area (Å²) >= 11 is 0. The minimum absolute atomic E-state index is 0.0883. The van der Waals surface area contributed by atoms with Gasteiger partial charge in [0.2, 0.25) is 0 Å². The predicted octanol–water partition coefficient (Wildman–Crippen LogP) is 3.22. The van der Waals surface area contributed by atoms with Crippen LogP contribution < -0.4 is 4.72 Å². The molecule has 0 heterocycles. The maximum atomic E-state index is 12.3. The van der Waals surface area contributed by atoms with Crippen molar-refractivity contribution in [2.45, 2.75) is 45.4 Å². The van der Waals surface area contributed by atoms with Crippen LogP contribution in [0.2, 0.25) is 0 Å². The molecule has 0 spiro atoms. The molecule has 0 saturated carbocycles. The molecule has 21 heavy (non-hydrogen) atoms. The standard InChI is InChI=1S/C16H25NO3S/c1-11(2)14(17-21(19)16(3,4)5)12-8-7-9-13(10-12)15(18)20-6/h7-11,14,17H,1-6H3/t14-,21-/m0/s1. The Balaban J connectivity index is 3.07. The van der Waals surface area contributed by atoms with Crippen molar-refractivity contribution in [3.05, 3.63) is 35.4 Å². The van der Waals surface area contributed by atoms with Gasteiger partial charge in [0.15, 0.2) is 0 Å². The summed E-state index contributed by atoms with van der Waals surface area (Å²) in [6, 6.07) is 7.18. The first-order chi connectivity index (χ1) is 9.66. The summed E-state index contributed by atoms with van der Waals surface area (Å²) < 4.78 is 19.9. The summed E-state index contributed by atoms with van der Waals surface area (Å²) in [6.07, 6.45) is 0. The Hall–Kier alpha value is -1.20. The second kappa shape index (κ2) is 7.18. The highest BCUT2D eigenvalue weighted by Gasteiger charge is 2.25. The third kappa shape index (κ3) is 4.93. The van der Waals surface area contributed by atoms with E-state index in [-0.39, 0.29) is 22.7 Å². The SMILES string of the molecule is COC(=O)c1cccc([C@@H](N[S@@](=O)C(C)(C)C)C(C)C)c1. The number of rotatable bonds is 5. The number of benzene rings is 1. The fourth-order valence-corrected chi connectivity index (χ4v) is 2.85. The number of ether oxygens (including phenoxy) is 1. The van der Waals surface area contributed by atoms with Gasteiger partial charge in [0, 0.05) is 6.04 Å². The van der Waals surface area contributed by atoms with Gasteiger partial charge in [-0.1, -0.05) is 26.0 Å². The van der Waals surface area contributed by atoms with Gasteiger partial charge in [0.05, 0.1) is 28.4 Å². The maximum absolute atomic E-state index is 12.3. The minimum Gasteiger partial charge on any atom is -0.465 e. The fraction of sp³-hybridized carbons (Fsp3) is 0.562. The van der Waals surface area contributed by atoms with E-state index < -0.39 is 11.0 Å². The molecule has 0 aliphatic heterocycles. The van der Waals surface area contributed by atoms with E-state index in [9.17, 15) is 9.00 Å². The van der Waals surface area contributed by atoms with E-state index in [1.807, 2.05) is 32.9 Å². The molecule has 5 heteroatoms. The number of esters is 1. The molecule has 1 aromatic carbocycles. The van der Waals surface area contributed by atoms with Crippen molar-refractivity contribution in [1.82, 2.24) is 4.72 Å². The van der Waals surface area contributed by atoms with E-state index in [0.29, 0.717) is 5.56 Å². The lowest BCUT2D eigenvalue weighted by molar-refractivity contribution is 0.0600. The summed E-state index contributed by atoms with van der Waals surface area (Å²) in [5, 5.41) is 0. The lowest BCUT2D eigenvalue weighted by Gasteiger charge is -2.27. The molecule has 0 bridgehead atoms. The Kier molecular flexibility index (Phi) is 6.10. The Morgan fingerprint density at radius 1 is 1.29 bits per heavy atom. The van der Waals surface area contributed by atoms with Gasteiger partial charge in [-0.2, -0.15) is 0 Å². The minimum atomic E-state index is -1.17. The van der Waals surface area contributed by atoms with Crippen LogP contribution in [0.4, 0.5) is 0 Å². The van der Waals surface area contributed by atoms with Crippen molar-refractivity contribution in [3.8, 4) is 0 Å². The van der Waals surface area contributed by atoms with Gasteiger partial charge >= 0.3 is 5.97 Å².